The van der Waals surface area contributed by atoms with Gasteiger partial charge in [-0.25, -0.2) is 9.59 Å². The molecule has 0 N–H and O–H groups in total. The zero-order chi connectivity index (χ0) is 30.4. The monoisotopic (exact) mass is 582 g/mol. The lowest BCUT2D eigenvalue weighted by molar-refractivity contribution is -0.150. The van der Waals surface area contributed by atoms with Gasteiger partial charge in [-0.2, -0.15) is 0 Å². The maximum atomic E-state index is 11.7. The fourth-order valence-corrected chi connectivity index (χ4v) is 4.87. The molecule has 0 aromatic heterocycles. The lowest BCUT2D eigenvalue weighted by Gasteiger charge is -2.18. The van der Waals surface area contributed by atoms with Crippen LogP contribution in [0.15, 0.2) is 97.1 Å². The summed E-state index contributed by atoms with van der Waals surface area (Å²) in [7, 11) is 2.73. The molecule has 0 aliphatic carbocycles. The third kappa shape index (κ3) is 7.41. The standard InChI is InChI=1S/C35H34O8/c1-35(2)42-31(21-40-29-17-13-25(14-18-29)23-5-9-27(10-6-23)33(36)38-3)32(43-35)22-41-30-19-15-26(16-20-30)24-7-11-28(12-8-24)34(37)39-4/h5-20,31-32H,21-22H2,1-4H3/t31-,32-/m0/s1. The molecule has 0 bridgehead atoms. The summed E-state index contributed by atoms with van der Waals surface area (Å²) in [5.41, 5.74) is 4.98. The van der Waals surface area contributed by atoms with E-state index in [1.165, 1.54) is 14.2 Å². The Labute approximate surface area is 251 Å². The Bertz CT molecular complexity index is 1410. The minimum absolute atomic E-state index is 0.297. The van der Waals surface area contributed by atoms with Crippen LogP contribution < -0.4 is 9.47 Å². The van der Waals surface area contributed by atoms with Gasteiger partial charge in [0.2, 0.25) is 0 Å². The van der Waals surface area contributed by atoms with Gasteiger partial charge >= 0.3 is 11.9 Å². The minimum atomic E-state index is -0.761. The summed E-state index contributed by atoms with van der Waals surface area (Å²) in [5, 5.41) is 0. The Balaban J connectivity index is 1.15. The number of carbonyl (C=O) groups is 2. The summed E-state index contributed by atoms with van der Waals surface area (Å²) in [6.45, 7) is 4.34. The normalized spacial score (nSPS) is 17.2. The van der Waals surface area contributed by atoms with Crippen LogP contribution in [-0.2, 0) is 18.9 Å². The fourth-order valence-electron chi connectivity index (χ4n) is 4.87. The van der Waals surface area contributed by atoms with Crippen molar-refractivity contribution in [3.8, 4) is 33.8 Å². The van der Waals surface area contributed by atoms with Crippen LogP contribution in [0.4, 0.5) is 0 Å². The summed E-state index contributed by atoms with van der Waals surface area (Å²) in [5.74, 6) is -0.0723. The van der Waals surface area contributed by atoms with E-state index in [0.717, 1.165) is 22.3 Å². The largest absolute Gasteiger partial charge is 0.491 e. The van der Waals surface area contributed by atoms with Crippen LogP contribution in [-0.4, -0.2) is 57.4 Å². The second-order valence-electron chi connectivity index (χ2n) is 10.5. The van der Waals surface area contributed by atoms with Crippen LogP contribution in [0.25, 0.3) is 22.3 Å². The van der Waals surface area contributed by atoms with Crippen LogP contribution in [0.1, 0.15) is 34.6 Å². The van der Waals surface area contributed by atoms with Crippen molar-refractivity contribution in [2.75, 3.05) is 27.4 Å². The molecule has 0 spiro atoms. The van der Waals surface area contributed by atoms with Gasteiger partial charge < -0.3 is 28.4 Å². The van der Waals surface area contributed by atoms with Crippen LogP contribution in [0, 0.1) is 0 Å². The van der Waals surface area contributed by atoms with Crippen molar-refractivity contribution in [1.29, 1.82) is 0 Å². The van der Waals surface area contributed by atoms with Crippen LogP contribution >= 0.6 is 0 Å². The number of methoxy groups -OCH3 is 2. The number of hydrogen-bond acceptors (Lipinski definition) is 8. The molecule has 1 aliphatic heterocycles. The highest BCUT2D eigenvalue weighted by atomic mass is 16.8. The lowest BCUT2D eigenvalue weighted by atomic mass is 10.0. The number of benzene rings is 4. The molecule has 43 heavy (non-hydrogen) atoms. The second kappa shape index (κ2) is 13.1. The molecule has 1 fully saturated rings. The SMILES string of the molecule is COC(=O)c1ccc(-c2ccc(OC[C@@H]3OC(C)(C)O[C@H]3COc3ccc(-c4ccc(C(=O)OC)cc4)cc3)cc2)cc1. The van der Waals surface area contributed by atoms with E-state index in [4.69, 9.17) is 28.4 Å². The molecule has 1 saturated heterocycles. The summed E-state index contributed by atoms with van der Waals surface area (Å²) < 4.78 is 33.9. The first-order valence-corrected chi connectivity index (χ1v) is 13.9. The molecule has 5 rings (SSSR count). The van der Waals surface area contributed by atoms with Gasteiger partial charge in [-0.3, -0.25) is 0 Å². The maximum absolute atomic E-state index is 11.7. The van der Waals surface area contributed by atoms with Crippen LogP contribution in [0.5, 0.6) is 11.5 Å². The van der Waals surface area contributed by atoms with Crippen molar-refractivity contribution >= 4 is 11.9 Å². The van der Waals surface area contributed by atoms with Crippen LogP contribution in [0.2, 0.25) is 0 Å². The zero-order valence-electron chi connectivity index (χ0n) is 24.6. The van der Waals surface area contributed by atoms with E-state index in [0.29, 0.717) is 35.8 Å². The van der Waals surface area contributed by atoms with E-state index < -0.39 is 5.79 Å². The van der Waals surface area contributed by atoms with Crippen molar-refractivity contribution in [1.82, 2.24) is 0 Å². The topological polar surface area (TPSA) is 89.5 Å². The Hall–Kier alpha value is -4.66. The average molecular weight is 583 g/mol. The molecule has 4 aromatic rings. The first-order valence-electron chi connectivity index (χ1n) is 13.9. The molecule has 4 aromatic carbocycles. The van der Waals surface area contributed by atoms with Crippen molar-refractivity contribution in [3.63, 3.8) is 0 Å². The summed E-state index contributed by atoms with van der Waals surface area (Å²) in [4.78, 5) is 23.4. The van der Waals surface area contributed by atoms with Gasteiger partial charge in [0.15, 0.2) is 5.79 Å². The van der Waals surface area contributed by atoms with Gasteiger partial charge in [0, 0.05) is 0 Å². The van der Waals surface area contributed by atoms with E-state index >= 15 is 0 Å². The van der Waals surface area contributed by atoms with E-state index in [9.17, 15) is 9.59 Å². The van der Waals surface area contributed by atoms with Gasteiger partial charge in [0.05, 0.1) is 25.3 Å². The molecule has 0 unspecified atom stereocenters. The number of ether oxygens (including phenoxy) is 6. The highest BCUT2D eigenvalue weighted by Gasteiger charge is 2.42. The van der Waals surface area contributed by atoms with Gasteiger partial charge in [0.25, 0.3) is 0 Å². The molecule has 0 amide bonds. The molecule has 1 heterocycles. The van der Waals surface area contributed by atoms with Gasteiger partial charge in [-0.05, 0) is 84.6 Å². The first kappa shape index (κ1) is 29.8. The predicted octanol–water partition coefficient (Wildman–Crippen LogP) is 6.57. The Morgan fingerprint density at radius 3 is 1.16 bits per heavy atom. The molecule has 0 radical (unpaired) electrons. The van der Waals surface area contributed by atoms with Crippen molar-refractivity contribution in [2.24, 2.45) is 0 Å². The molecule has 8 heteroatoms. The van der Waals surface area contributed by atoms with Crippen molar-refractivity contribution in [3.05, 3.63) is 108 Å². The van der Waals surface area contributed by atoms with E-state index in [1.807, 2.05) is 86.6 Å². The first-order chi connectivity index (χ1) is 20.7. The second-order valence-corrected chi connectivity index (χ2v) is 10.5. The third-order valence-corrected chi connectivity index (χ3v) is 7.10. The fraction of sp³-hybridized carbons (Fsp3) is 0.257. The van der Waals surface area contributed by atoms with Gasteiger partial charge in [-0.15, -0.1) is 0 Å². The Morgan fingerprint density at radius 2 is 0.860 bits per heavy atom. The average Bonchev–Trinajstić information content (AvgIpc) is 3.35. The van der Waals surface area contributed by atoms with Crippen LogP contribution in [0.3, 0.4) is 0 Å². The Morgan fingerprint density at radius 1 is 0.558 bits per heavy atom. The molecule has 8 nitrogen and oxygen atoms in total. The van der Waals surface area contributed by atoms with E-state index in [-0.39, 0.29) is 24.1 Å². The molecule has 1 aliphatic rings. The van der Waals surface area contributed by atoms with Crippen molar-refractivity contribution in [2.45, 2.75) is 31.8 Å². The number of esters is 2. The number of hydrogen-bond donors (Lipinski definition) is 0. The van der Waals surface area contributed by atoms with Gasteiger partial charge in [-0.1, -0.05) is 48.5 Å². The molecular formula is C35H34O8. The molecule has 222 valence electrons. The summed E-state index contributed by atoms with van der Waals surface area (Å²) >= 11 is 0. The van der Waals surface area contributed by atoms with Gasteiger partial charge in [0.1, 0.15) is 36.9 Å². The zero-order valence-corrected chi connectivity index (χ0v) is 24.6. The van der Waals surface area contributed by atoms with Crippen molar-refractivity contribution < 1.29 is 38.0 Å². The highest BCUT2D eigenvalue weighted by molar-refractivity contribution is 5.90. The number of rotatable bonds is 10. The lowest BCUT2D eigenvalue weighted by Crippen LogP contribution is -2.33. The molecule has 2 atom stereocenters. The summed E-state index contributed by atoms with van der Waals surface area (Å²) in [6.07, 6.45) is -0.652. The van der Waals surface area contributed by atoms with E-state index in [2.05, 4.69) is 0 Å². The van der Waals surface area contributed by atoms with E-state index in [1.54, 1.807) is 24.3 Å². The highest BCUT2D eigenvalue weighted by Crippen LogP contribution is 2.31. The number of carbonyl (C=O) groups excluding carboxylic acids is 2. The minimum Gasteiger partial charge on any atom is -0.491 e. The molecular weight excluding hydrogens is 548 g/mol. The molecule has 0 saturated carbocycles. The Kier molecular flexibility index (Phi) is 9.09. The third-order valence-electron chi connectivity index (χ3n) is 7.10. The smallest absolute Gasteiger partial charge is 0.337 e. The maximum Gasteiger partial charge on any atom is 0.337 e. The summed E-state index contributed by atoms with van der Waals surface area (Å²) in [6, 6.07) is 30.0. The quantitative estimate of drug-likeness (QED) is 0.194. The predicted molar refractivity (Wildman–Crippen MR) is 161 cm³/mol.